The molecule has 1 aliphatic heterocycles. The predicted octanol–water partition coefficient (Wildman–Crippen LogP) is 0.811. The van der Waals surface area contributed by atoms with Crippen molar-refractivity contribution in [2.45, 2.75) is 25.8 Å². The number of carbonyl (C=O) groups excluding carboxylic acids is 1. The lowest BCUT2D eigenvalue weighted by atomic mass is 9.94. The van der Waals surface area contributed by atoms with Gasteiger partial charge >= 0.3 is 0 Å². The van der Waals surface area contributed by atoms with E-state index < -0.39 is 0 Å². The van der Waals surface area contributed by atoms with Gasteiger partial charge in [0, 0.05) is 5.54 Å². The van der Waals surface area contributed by atoms with E-state index in [0.29, 0.717) is 6.42 Å². The van der Waals surface area contributed by atoms with Gasteiger partial charge in [-0.3, -0.25) is 4.79 Å². The smallest absolute Gasteiger partial charge is 0.234 e. The molecule has 1 heterocycles. The highest BCUT2D eigenvalue weighted by Crippen LogP contribution is 2.33. The molecule has 2 rings (SSSR count). The van der Waals surface area contributed by atoms with E-state index in [2.05, 4.69) is 5.32 Å². The highest BCUT2D eigenvalue weighted by atomic mass is 16.7. The fraction of sp³-hybridized carbons (Fsp3) is 0.462. The van der Waals surface area contributed by atoms with Crippen LogP contribution in [0.3, 0.4) is 0 Å². The van der Waals surface area contributed by atoms with E-state index in [4.69, 9.17) is 15.2 Å². The lowest BCUT2D eigenvalue weighted by molar-refractivity contribution is -0.121. The molecule has 0 saturated heterocycles. The number of fused-ring (bicyclic) bond motifs is 1. The van der Waals surface area contributed by atoms with Crippen molar-refractivity contribution in [2.75, 3.05) is 13.3 Å². The van der Waals surface area contributed by atoms with Crippen LogP contribution in [0, 0.1) is 0 Å². The van der Waals surface area contributed by atoms with Gasteiger partial charge in [-0.15, -0.1) is 0 Å². The summed E-state index contributed by atoms with van der Waals surface area (Å²) in [6, 6.07) is 5.81. The van der Waals surface area contributed by atoms with Crippen molar-refractivity contribution in [3.05, 3.63) is 23.8 Å². The summed E-state index contributed by atoms with van der Waals surface area (Å²) in [5.74, 6) is 1.37. The zero-order chi connectivity index (χ0) is 13.2. The van der Waals surface area contributed by atoms with Gasteiger partial charge in [-0.25, -0.2) is 0 Å². The molecule has 5 nitrogen and oxygen atoms in total. The molecule has 1 amide bonds. The molecule has 1 aromatic rings. The van der Waals surface area contributed by atoms with Gasteiger partial charge in [0.05, 0.1) is 6.54 Å². The van der Waals surface area contributed by atoms with Crippen molar-refractivity contribution < 1.29 is 14.3 Å². The number of nitrogens with one attached hydrogen (secondary N) is 1. The number of rotatable bonds is 4. The van der Waals surface area contributed by atoms with Crippen molar-refractivity contribution >= 4 is 5.91 Å². The van der Waals surface area contributed by atoms with Crippen molar-refractivity contribution in [1.29, 1.82) is 0 Å². The summed E-state index contributed by atoms with van der Waals surface area (Å²) in [5.41, 5.74) is 6.04. The minimum atomic E-state index is -0.343. The number of hydrogen-bond donors (Lipinski definition) is 2. The van der Waals surface area contributed by atoms with Crippen LogP contribution in [0.1, 0.15) is 19.4 Å². The number of hydrogen-bond acceptors (Lipinski definition) is 4. The van der Waals surface area contributed by atoms with Crippen LogP contribution in [0.15, 0.2) is 18.2 Å². The third-order valence-electron chi connectivity index (χ3n) is 2.75. The van der Waals surface area contributed by atoms with Gasteiger partial charge < -0.3 is 20.5 Å². The maximum absolute atomic E-state index is 11.3. The molecule has 18 heavy (non-hydrogen) atoms. The summed E-state index contributed by atoms with van der Waals surface area (Å²) in [5, 5.41) is 2.89. The third kappa shape index (κ3) is 2.92. The van der Waals surface area contributed by atoms with Gasteiger partial charge in [0.1, 0.15) is 0 Å². The van der Waals surface area contributed by atoms with E-state index in [0.717, 1.165) is 17.1 Å². The first kappa shape index (κ1) is 12.7. The maximum atomic E-state index is 11.3. The maximum Gasteiger partial charge on any atom is 0.234 e. The van der Waals surface area contributed by atoms with Gasteiger partial charge in [-0.2, -0.15) is 0 Å². The Bertz CT molecular complexity index is 458. The van der Waals surface area contributed by atoms with E-state index >= 15 is 0 Å². The molecule has 0 unspecified atom stereocenters. The average Bonchev–Trinajstić information content (AvgIpc) is 2.74. The van der Waals surface area contributed by atoms with Crippen LogP contribution in [0.25, 0.3) is 0 Å². The van der Waals surface area contributed by atoms with Gasteiger partial charge in [-0.05, 0) is 38.0 Å². The molecule has 0 radical (unpaired) electrons. The van der Waals surface area contributed by atoms with E-state index in [-0.39, 0.29) is 24.8 Å². The van der Waals surface area contributed by atoms with Crippen LogP contribution in [-0.4, -0.2) is 24.8 Å². The zero-order valence-corrected chi connectivity index (χ0v) is 10.7. The molecule has 0 saturated carbocycles. The second-order valence-electron chi connectivity index (χ2n) is 5.00. The van der Waals surface area contributed by atoms with Crippen LogP contribution in [-0.2, 0) is 11.2 Å². The molecule has 0 aliphatic carbocycles. The SMILES string of the molecule is CC(C)(Cc1ccc2c(c1)OCO2)NC(=O)CN. The quantitative estimate of drug-likeness (QED) is 0.829. The summed E-state index contributed by atoms with van der Waals surface area (Å²) in [7, 11) is 0. The minimum absolute atomic E-state index is 0.00453. The Balaban J connectivity index is 2.06. The Labute approximate surface area is 106 Å². The average molecular weight is 250 g/mol. The fourth-order valence-corrected chi connectivity index (χ4v) is 2.03. The molecule has 1 aliphatic rings. The molecule has 98 valence electrons. The van der Waals surface area contributed by atoms with E-state index in [1.165, 1.54) is 0 Å². The molecular weight excluding hydrogens is 232 g/mol. The minimum Gasteiger partial charge on any atom is -0.454 e. The van der Waals surface area contributed by atoms with Gasteiger partial charge in [0.15, 0.2) is 11.5 Å². The lowest BCUT2D eigenvalue weighted by Gasteiger charge is -2.26. The first-order chi connectivity index (χ1) is 8.50. The number of nitrogens with two attached hydrogens (primary N) is 1. The molecule has 5 heteroatoms. The van der Waals surface area contributed by atoms with Crippen LogP contribution < -0.4 is 20.5 Å². The Morgan fingerprint density at radius 2 is 2.11 bits per heavy atom. The molecule has 0 bridgehead atoms. The monoisotopic (exact) mass is 250 g/mol. The first-order valence-corrected chi connectivity index (χ1v) is 5.90. The predicted molar refractivity (Wildman–Crippen MR) is 67.5 cm³/mol. The molecule has 0 aromatic heterocycles. The normalized spacial score (nSPS) is 13.5. The first-order valence-electron chi connectivity index (χ1n) is 5.90. The topological polar surface area (TPSA) is 73.6 Å². The zero-order valence-electron chi connectivity index (χ0n) is 10.7. The van der Waals surface area contributed by atoms with Gasteiger partial charge in [-0.1, -0.05) is 6.07 Å². The molecule has 0 fully saturated rings. The van der Waals surface area contributed by atoms with Crippen molar-refractivity contribution in [2.24, 2.45) is 5.73 Å². The Kier molecular flexibility index (Phi) is 3.43. The Morgan fingerprint density at radius 1 is 1.39 bits per heavy atom. The van der Waals surface area contributed by atoms with Crippen LogP contribution in [0.4, 0.5) is 0 Å². The molecular formula is C13H18N2O3. The van der Waals surface area contributed by atoms with Gasteiger partial charge in [0.25, 0.3) is 0 Å². The van der Waals surface area contributed by atoms with Gasteiger partial charge in [0.2, 0.25) is 12.7 Å². The summed E-state index contributed by atoms with van der Waals surface area (Å²) in [6.45, 7) is 4.20. The van der Waals surface area contributed by atoms with Crippen LogP contribution in [0.5, 0.6) is 11.5 Å². The third-order valence-corrected chi connectivity index (χ3v) is 2.75. The summed E-state index contributed by atoms with van der Waals surface area (Å²) in [4.78, 5) is 11.3. The largest absolute Gasteiger partial charge is 0.454 e. The number of amides is 1. The number of ether oxygens (including phenoxy) is 2. The molecule has 0 atom stereocenters. The Morgan fingerprint density at radius 3 is 2.83 bits per heavy atom. The Hall–Kier alpha value is -1.75. The summed E-state index contributed by atoms with van der Waals surface area (Å²) < 4.78 is 10.6. The molecule has 0 spiro atoms. The molecule has 3 N–H and O–H groups in total. The number of carbonyl (C=O) groups is 1. The van der Waals surface area contributed by atoms with Crippen LogP contribution >= 0.6 is 0 Å². The summed E-state index contributed by atoms with van der Waals surface area (Å²) >= 11 is 0. The van der Waals surface area contributed by atoms with Crippen molar-refractivity contribution in [1.82, 2.24) is 5.32 Å². The van der Waals surface area contributed by atoms with Crippen molar-refractivity contribution in [3.63, 3.8) is 0 Å². The lowest BCUT2D eigenvalue weighted by Crippen LogP contribution is -2.47. The van der Waals surface area contributed by atoms with E-state index in [9.17, 15) is 4.79 Å². The molecule has 1 aromatic carbocycles. The number of benzene rings is 1. The fourth-order valence-electron chi connectivity index (χ4n) is 2.03. The summed E-state index contributed by atoms with van der Waals surface area (Å²) in [6.07, 6.45) is 0.704. The second kappa shape index (κ2) is 4.86. The van der Waals surface area contributed by atoms with Crippen molar-refractivity contribution in [3.8, 4) is 11.5 Å². The standard InChI is InChI=1S/C13H18N2O3/c1-13(2,15-12(16)7-14)6-9-3-4-10-11(5-9)18-8-17-10/h3-5H,6-8,14H2,1-2H3,(H,15,16). The highest BCUT2D eigenvalue weighted by molar-refractivity contribution is 5.78. The van der Waals surface area contributed by atoms with Crippen LogP contribution in [0.2, 0.25) is 0 Å². The van der Waals surface area contributed by atoms with E-state index in [1.807, 2.05) is 32.0 Å². The second-order valence-corrected chi connectivity index (χ2v) is 5.00. The van der Waals surface area contributed by atoms with E-state index in [1.54, 1.807) is 0 Å². The highest BCUT2D eigenvalue weighted by Gasteiger charge is 2.22.